The number of amides is 2. The van der Waals surface area contributed by atoms with Crippen LogP contribution in [0.2, 0.25) is 10.0 Å². The van der Waals surface area contributed by atoms with Crippen LogP contribution in [0.25, 0.3) is 5.69 Å². The van der Waals surface area contributed by atoms with Gasteiger partial charge in [0.25, 0.3) is 0 Å². The van der Waals surface area contributed by atoms with Crippen molar-refractivity contribution in [1.82, 2.24) is 20.1 Å². The van der Waals surface area contributed by atoms with E-state index in [0.29, 0.717) is 21.6 Å². The number of carbonyl (C=O) groups excluding carboxylic acids is 1. The zero-order valence-electron chi connectivity index (χ0n) is 19.5. The zero-order chi connectivity index (χ0) is 24.9. The minimum atomic E-state index is -0.417. The molecule has 1 aromatic heterocycles. The first-order valence-electron chi connectivity index (χ1n) is 11.0. The summed E-state index contributed by atoms with van der Waals surface area (Å²) in [5.41, 5.74) is 5.10. The monoisotopic (exact) mass is 525 g/mol. The van der Waals surface area contributed by atoms with Crippen molar-refractivity contribution in [2.24, 2.45) is 0 Å². The van der Waals surface area contributed by atoms with Crippen molar-refractivity contribution in [3.63, 3.8) is 0 Å². The summed E-state index contributed by atoms with van der Waals surface area (Å²) in [4.78, 5) is 12.7. The lowest BCUT2D eigenvalue weighted by atomic mass is 10.1. The number of thioether (sulfide) groups is 1. The summed E-state index contributed by atoms with van der Waals surface area (Å²) in [6.45, 7) is 6.02. The third-order valence-corrected chi connectivity index (χ3v) is 7.20. The van der Waals surface area contributed by atoms with E-state index in [1.54, 1.807) is 30.0 Å². The smallest absolute Gasteiger partial charge is 0.319 e. The number of urea groups is 1. The molecule has 0 spiro atoms. The third kappa shape index (κ3) is 6.17. The lowest BCUT2D eigenvalue weighted by molar-refractivity contribution is 0.249. The van der Waals surface area contributed by atoms with Gasteiger partial charge in [-0.2, -0.15) is 0 Å². The van der Waals surface area contributed by atoms with Crippen molar-refractivity contribution >= 4 is 46.7 Å². The highest BCUT2D eigenvalue weighted by atomic mass is 35.5. The van der Waals surface area contributed by atoms with Gasteiger partial charge in [0.2, 0.25) is 0 Å². The van der Waals surface area contributed by atoms with Gasteiger partial charge in [-0.05, 0) is 62.2 Å². The highest BCUT2D eigenvalue weighted by molar-refractivity contribution is 7.98. The van der Waals surface area contributed by atoms with Gasteiger partial charge in [-0.15, -0.1) is 10.2 Å². The molecule has 1 atom stereocenters. The molecule has 35 heavy (non-hydrogen) atoms. The fourth-order valence-corrected chi connectivity index (χ4v) is 4.84. The number of benzene rings is 3. The maximum Gasteiger partial charge on any atom is 0.319 e. The molecule has 180 valence electrons. The molecular weight excluding hydrogens is 501 g/mol. The van der Waals surface area contributed by atoms with E-state index in [4.69, 9.17) is 23.2 Å². The minimum Gasteiger partial charge on any atom is -0.328 e. The average molecular weight is 526 g/mol. The van der Waals surface area contributed by atoms with Crippen molar-refractivity contribution in [3.8, 4) is 5.69 Å². The largest absolute Gasteiger partial charge is 0.328 e. The number of nitrogens with zero attached hydrogens (tertiary/aromatic N) is 3. The maximum absolute atomic E-state index is 12.7. The molecule has 0 bridgehead atoms. The van der Waals surface area contributed by atoms with E-state index in [1.807, 2.05) is 54.8 Å². The van der Waals surface area contributed by atoms with Crippen molar-refractivity contribution in [1.29, 1.82) is 0 Å². The highest BCUT2D eigenvalue weighted by Gasteiger charge is 2.21. The number of aromatic nitrogens is 3. The Labute approximate surface area is 219 Å². The van der Waals surface area contributed by atoms with Gasteiger partial charge in [0.1, 0.15) is 0 Å². The van der Waals surface area contributed by atoms with Gasteiger partial charge in [0.05, 0.1) is 16.1 Å². The maximum atomic E-state index is 12.7. The van der Waals surface area contributed by atoms with E-state index in [1.165, 1.54) is 11.1 Å². The van der Waals surface area contributed by atoms with Gasteiger partial charge in [-0.3, -0.25) is 4.57 Å². The van der Waals surface area contributed by atoms with Crippen molar-refractivity contribution in [2.75, 3.05) is 5.32 Å². The first-order valence-corrected chi connectivity index (χ1v) is 12.8. The van der Waals surface area contributed by atoms with Gasteiger partial charge in [-0.1, -0.05) is 76.9 Å². The van der Waals surface area contributed by atoms with Crippen LogP contribution >= 0.6 is 35.0 Å². The number of carbonyl (C=O) groups is 1. The van der Waals surface area contributed by atoms with Gasteiger partial charge >= 0.3 is 6.03 Å². The Morgan fingerprint density at radius 1 is 1.00 bits per heavy atom. The molecule has 4 rings (SSSR count). The summed E-state index contributed by atoms with van der Waals surface area (Å²) in [6.07, 6.45) is 0. The molecule has 1 unspecified atom stereocenters. The molecule has 0 radical (unpaired) electrons. The van der Waals surface area contributed by atoms with Gasteiger partial charge < -0.3 is 10.6 Å². The lowest BCUT2D eigenvalue weighted by Gasteiger charge is -2.17. The molecule has 0 fully saturated rings. The highest BCUT2D eigenvalue weighted by Crippen LogP contribution is 2.29. The topological polar surface area (TPSA) is 71.8 Å². The number of hydrogen-bond donors (Lipinski definition) is 2. The van der Waals surface area contributed by atoms with Crippen LogP contribution in [0.1, 0.15) is 35.5 Å². The molecular formula is C26H25Cl2N5OS. The quantitative estimate of drug-likeness (QED) is 0.247. The van der Waals surface area contributed by atoms with E-state index in [2.05, 4.69) is 39.9 Å². The van der Waals surface area contributed by atoms with Crippen molar-refractivity contribution < 1.29 is 4.79 Å². The predicted octanol–water partition coefficient (Wildman–Crippen LogP) is 7.37. The molecule has 2 amide bonds. The van der Waals surface area contributed by atoms with E-state index < -0.39 is 6.04 Å². The summed E-state index contributed by atoms with van der Waals surface area (Å²) < 4.78 is 1.99. The first kappa shape index (κ1) is 25.1. The van der Waals surface area contributed by atoms with Crippen molar-refractivity contribution in [3.05, 3.63) is 99.3 Å². The van der Waals surface area contributed by atoms with Crippen LogP contribution in [0.5, 0.6) is 0 Å². The second kappa shape index (κ2) is 11.2. The number of halogens is 2. The summed E-state index contributed by atoms with van der Waals surface area (Å²) in [7, 11) is 0. The van der Waals surface area contributed by atoms with Gasteiger partial charge in [0.15, 0.2) is 11.0 Å². The van der Waals surface area contributed by atoms with Crippen LogP contribution < -0.4 is 10.6 Å². The van der Waals surface area contributed by atoms with Crippen LogP contribution in [0.3, 0.4) is 0 Å². The molecule has 0 saturated carbocycles. The van der Waals surface area contributed by atoms with Crippen molar-refractivity contribution in [2.45, 2.75) is 37.7 Å². The Kier molecular flexibility index (Phi) is 8.00. The predicted molar refractivity (Wildman–Crippen MR) is 144 cm³/mol. The molecule has 9 heteroatoms. The number of hydrogen-bond acceptors (Lipinski definition) is 4. The van der Waals surface area contributed by atoms with E-state index in [0.717, 1.165) is 22.2 Å². The van der Waals surface area contributed by atoms with Crippen LogP contribution in [0, 0.1) is 13.8 Å². The van der Waals surface area contributed by atoms with Crippen LogP contribution in [0.4, 0.5) is 10.5 Å². The van der Waals surface area contributed by atoms with Gasteiger partial charge in [0, 0.05) is 17.1 Å². The number of anilines is 1. The Morgan fingerprint density at radius 2 is 1.74 bits per heavy atom. The number of aryl methyl sites for hydroxylation is 2. The van der Waals surface area contributed by atoms with E-state index in [-0.39, 0.29) is 6.03 Å². The Bertz CT molecular complexity index is 1340. The fraction of sp³-hybridized carbons (Fsp3) is 0.192. The summed E-state index contributed by atoms with van der Waals surface area (Å²) in [6, 6.07) is 20.6. The Morgan fingerprint density at radius 3 is 2.46 bits per heavy atom. The SMILES string of the molecule is Cc1ccc(-n2c(SCc3ccccc3C)nnc2C(C)NC(=O)Nc2ccc(Cl)c(Cl)c2)cc1. The molecule has 0 aliphatic carbocycles. The van der Waals surface area contributed by atoms with E-state index in [9.17, 15) is 4.79 Å². The fourth-order valence-electron chi connectivity index (χ4n) is 3.51. The lowest BCUT2D eigenvalue weighted by Crippen LogP contribution is -2.32. The summed E-state index contributed by atoms with van der Waals surface area (Å²) in [5.74, 6) is 1.39. The second-order valence-corrected chi connectivity index (χ2v) is 9.93. The third-order valence-electron chi connectivity index (χ3n) is 5.48. The molecule has 4 aromatic rings. The average Bonchev–Trinajstić information content (AvgIpc) is 3.25. The zero-order valence-corrected chi connectivity index (χ0v) is 21.9. The van der Waals surface area contributed by atoms with Crippen LogP contribution in [-0.2, 0) is 5.75 Å². The van der Waals surface area contributed by atoms with E-state index >= 15 is 0 Å². The number of rotatable bonds is 7. The first-order chi connectivity index (χ1) is 16.8. The molecule has 6 nitrogen and oxygen atoms in total. The van der Waals surface area contributed by atoms with Gasteiger partial charge in [-0.25, -0.2) is 4.79 Å². The molecule has 0 saturated heterocycles. The number of nitrogens with one attached hydrogen (secondary N) is 2. The molecule has 3 aromatic carbocycles. The van der Waals surface area contributed by atoms with Crippen LogP contribution in [0.15, 0.2) is 71.9 Å². The molecule has 0 aliphatic rings. The normalized spacial score (nSPS) is 11.8. The molecule has 1 heterocycles. The molecule has 0 aliphatic heterocycles. The molecule has 2 N–H and O–H groups in total. The second-order valence-electron chi connectivity index (χ2n) is 8.18. The Balaban J connectivity index is 1.57. The summed E-state index contributed by atoms with van der Waals surface area (Å²) >= 11 is 13.6. The Hall–Kier alpha value is -3.00. The summed E-state index contributed by atoms with van der Waals surface area (Å²) in [5, 5.41) is 16.2. The minimum absolute atomic E-state index is 0.368. The van der Waals surface area contributed by atoms with Crippen LogP contribution in [-0.4, -0.2) is 20.8 Å². The standard InChI is InChI=1S/C26H25Cl2N5OS/c1-16-8-11-21(12-9-16)33-24(31-32-26(33)35-15-19-7-5-4-6-17(19)2)18(3)29-25(34)30-20-10-13-22(27)23(28)14-20/h4-14,18H,15H2,1-3H3,(H2,29,30,34).